The Morgan fingerprint density at radius 2 is 1.76 bits per heavy atom. The second kappa shape index (κ2) is 8.56. The average molecular weight is 401 g/mol. The van der Waals surface area contributed by atoms with E-state index in [0.717, 1.165) is 5.56 Å². The molecule has 0 fully saturated rings. The lowest BCUT2D eigenvalue weighted by Crippen LogP contribution is -2.19. The van der Waals surface area contributed by atoms with E-state index in [1.54, 1.807) is 42.5 Å². The highest BCUT2D eigenvalue weighted by Crippen LogP contribution is 2.26. The first kappa shape index (κ1) is 19.6. The second-order valence-electron chi connectivity index (χ2n) is 5.49. The largest absolute Gasteiger partial charge is 0.352 e. The summed E-state index contributed by atoms with van der Waals surface area (Å²) in [5.74, 6) is -0.231. The zero-order valence-corrected chi connectivity index (χ0v) is 15.9. The molecular weight excluding hydrogens is 383 g/mol. The quantitative estimate of drug-likeness (QED) is 0.744. The van der Waals surface area contributed by atoms with Gasteiger partial charge in [-0.1, -0.05) is 47.5 Å². The Hall–Kier alpha value is -1.76. The third-order valence-electron chi connectivity index (χ3n) is 3.44. The molecular formula is C17H18Cl2N2O3S. The van der Waals surface area contributed by atoms with E-state index in [4.69, 9.17) is 23.2 Å². The van der Waals surface area contributed by atoms with Gasteiger partial charge in [-0.3, -0.25) is 9.52 Å². The number of sulfonamides is 1. The van der Waals surface area contributed by atoms with E-state index in [2.05, 4.69) is 10.0 Å². The van der Waals surface area contributed by atoms with Gasteiger partial charge in [0, 0.05) is 19.2 Å². The van der Waals surface area contributed by atoms with Crippen molar-refractivity contribution in [3.05, 3.63) is 63.6 Å². The molecule has 0 aliphatic heterocycles. The molecule has 1 amide bonds. The predicted octanol–water partition coefficient (Wildman–Crippen LogP) is 3.61. The van der Waals surface area contributed by atoms with Gasteiger partial charge < -0.3 is 5.32 Å². The van der Waals surface area contributed by atoms with E-state index in [0.29, 0.717) is 27.8 Å². The molecule has 2 N–H and O–H groups in total. The van der Waals surface area contributed by atoms with Crippen LogP contribution in [-0.2, 0) is 27.8 Å². The summed E-state index contributed by atoms with van der Waals surface area (Å²) in [7, 11) is -3.52. The number of aryl methyl sites for hydroxylation is 1. The van der Waals surface area contributed by atoms with E-state index >= 15 is 0 Å². The lowest BCUT2D eigenvalue weighted by atomic mass is 10.2. The van der Waals surface area contributed by atoms with Gasteiger partial charge in [0.15, 0.2) is 0 Å². The molecule has 2 aromatic carbocycles. The molecule has 0 spiro atoms. The highest BCUT2D eigenvalue weighted by Gasteiger charge is 2.13. The van der Waals surface area contributed by atoms with E-state index < -0.39 is 10.0 Å². The van der Waals surface area contributed by atoms with Crippen LogP contribution < -0.4 is 10.0 Å². The number of anilines is 1. The predicted molar refractivity (Wildman–Crippen MR) is 102 cm³/mol. The van der Waals surface area contributed by atoms with Gasteiger partial charge in [0.25, 0.3) is 0 Å². The summed E-state index contributed by atoms with van der Waals surface area (Å²) in [5, 5.41) is 3.46. The van der Waals surface area contributed by atoms with Crippen LogP contribution in [0, 0.1) is 0 Å². The van der Waals surface area contributed by atoms with E-state index in [1.165, 1.54) is 6.92 Å². The summed E-state index contributed by atoms with van der Waals surface area (Å²) < 4.78 is 27.0. The number of halogens is 2. The lowest BCUT2D eigenvalue weighted by Gasteiger charge is -2.10. The highest BCUT2D eigenvalue weighted by molar-refractivity contribution is 7.92. The standard InChI is InChI=1S/C17H18Cl2N2O3S/c1-12(22)20-11-13-5-7-15(8-6-13)21-25(23,24)10-9-14-3-2-4-16(18)17(14)19/h2-8,21H,9-11H2,1H3,(H,20,22). The molecule has 0 radical (unpaired) electrons. The van der Waals surface area contributed by atoms with Crippen molar-refractivity contribution in [3.8, 4) is 0 Å². The topological polar surface area (TPSA) is 75.3 Å². The van der Waals surface area contributed by atoms with Crippen molar-refractivity contribution in [1.82, 2.24) is 5.32 Å². The zero-order valence-electron chi connectivity index (χ0n) is 13.6. The van der Waals surface area contributed by atoms with Gasteiger partial charge in [0.1, 0.15) is 0 Å². The fourth-order valence-corrected chi connectivity index (χ4v) is 3.63. The van der Waals surface area contributed by atoms with Crippen molar-refractivity contribution in [2.24, 2.45) is 0 Å². The SMILES string of the molecule is CC(=O)NCc1ccc(NS(=O)(=O)CCc2cccc(Cl)c2Cl)cc1. The maximum Gasteiger partial charge on any atom is 0.233 e. The number of hydrogen-bond acceptors (Lipinski definition) is 3. The third kappa shape index (κ3) is 6.23. The van der Waals surface area contributed by atoms with Crippen LogP contribution in [-0.4, -0.2) is 20.1 Å². The minimum absolute atomic E-state index is 0.110. The fourth-order valence-electron chi connectivity index (χ4n) is 2.13. The van der Waals surface area contributed by atoms with Crippen LogP contribution in [0.2, 0.25) is 10.0 Å². The van der Waals surface area contributed by atoms with Gasteiger partial charge >= 0.3 is 0 Å². The van der Waals surface area contributed by atoms with Gasteiger partial charge in [0.05, 0.1) is 15.8 Å². The van der Waals surface area contributed by atoms with Gasteiger partial charge in [-0.25, -0.2) is 8.42 Å². The van der Waals surface area contributed by atoms with E-state index in [9.17, 15) is 13.2 Å². The average Bonchev–Trinajstić information content (AvgIpc) is 2.55. The van der Waals surface area contributed by atoms with Crippen molar-refractivity contribution < 1.29 is 13.2 Å². The number of nitrogens with one attached hydrogen (secondary N) is 2. The molecule has 0 aromatic heterocycles. The summed E-state index contributed by atoms with van der Waals surface area (Å²) in [4.78, 5) is 10.9. The Morgan fingerprint density at radius 1 is 1.08 bits per heavy atom. The van der Waals surface area contributed by atoms with Crippen molar-refractivity contribution >= 4 is 44.8 Å². The van der Waals surface area contributed by atoms with Crippen LogP contribution in [0.25, 0.3) is 0 Å². The molecule has 0 aliphatic rings. The van der Waals surface area contributed by atoms with E-state index in [-0.39, 0.29) is 18.1 Å². The number of carbonyl (C=O) groups is 1. The molecule has 2 rings (SSSR count). The maximum atomic E-state index is 12.2. The van der Waals surface area contributed by atoms with Gasteiger partial charge in [-0.05, 0) is 35.7 Å². The Bertz CT molecular complexity index is 853. The molecule has 8 heteroatoms. The highest BCUT2D eigenvalue weighted by atomic mass is 35.5. The number of hydrogen-bond donors (Lipinski definition) is 2. The van der Waals surface area contributed by atoms with Crippen LogP contribution >= 0.6 is 23.2 Å². The molecule has 0 saturated heterocycles. The van der Waals surface area contributed by atoms with Crippen molar-refractivity contribution in [2.75, 3.05) is 10.5 Å². The molecule has 0 atom stereocenters. The molecule has 134 valence electrons. The summed E-state index contributed by atoms with van der Waals surface area (Å²) in [6, 6.07) is 12.0. The Morgan fingerprint density at radius 3 is 2.40 bits per heavy atom. The first-order valence-corrected chi connectivity index (χ1v) is 9.94. The molecule has 0 saturated carbocycles. The minimum atomic E-state index is -3.52. The van der Waals surface area contributed by atoms with E-state index in [1.807, 2.05) is 0 Å². The summed E-state index contributed by atoms with van der Waals surface area (Å²) in [5.41, 5.74) is 2.03. The van der Waals surface area contributed by atoms with Crippen molar-refractivity contribution in [3.63, 3.8) is 0 Å². The Balaban J connectivity index is 1.96. The minimum Gasteiger partial charge on any atom is -0.352 e. The third-order valence-corrected chi connectivity index (χ3v) is 5.59. The van der Waals surface area contributed by atoms with Crippen molar-refractivity contribution in [1.29, 1.82) is 0 Å². The van der Waals surface area contributed by atoms with Crippen LogP contribution in [0.4, 0.5) is 5.69 Å². The maximum absolute atomic E-state index is 12.2. The molecule has 0 heterocycles. The Kier molecular flexibility index (Phi) is 6.70. The van der Waals surface area contributed by atoms with Crippen LogP contribution in [0.1, 0.15) is 18.1 Å². The number of carbonyl (C=O) groups excluding carboxylic acids is 1. The smallest absolute Gasteiger partial charge is 0.233 e. The number of rotatable bonds is 7. The first-order valence-electron chi connectivity index (χ1n) is 7.53. The molecule has 2 aromatic rings. The molecule has 0 unspecified atom stereocenters. The van der Waals surface area contributed by atoms with Gasteiger partial charge in [0.2, 0.25) is 15.9 Å². The first-order chi connectivity index (χ1) is 11.8. The molecule has 5 nitrogen and oxygen atoms in total. The molecule has 0 bridgehead atoms. The van der Waals surface area contributed by atoms with Crippen LogP contribution in [0.15, 0.2) is 42.5 Å². The fraction of sp³-hybridized carbons (Fsp3) is 0.235. The van der Waals surface area contributed by atoms with Gasteiger partial charge in [-0.2, -0.15) is 0 Å². The van der Waals surface area contributed by atoms with Crippen LogP contribution in [0.3, 0.4) is 0 Å². The number of amides is 1. The summed E-state index contributed by atoms with van der Waals surface area (Å²) >= 11 is 12.0. The number of benzene rings is 2. The zero-order chi connectivity index (χ0) is 18.4. The molecule has 0 aliphatic carbocycles. The normalized spacial score (nSPS) is 11.2. The van der Waals surface area contributed by atoms with Crippen molar-refractivity contribution in [2.45, 2.75) is 19.9 Å². The second-order valence-corrected chi connectivity index (χ2v) is 8.12. The summed E-state index contributed by atoms with van der Waals surface area (Å²) in [6.07, 6.45) is 0.259. The summed E-state index contributed by atoms with van der Waals surface area (Å²) in [6.45, 7) is 1.84. The van der Waals surface area contributed by atoms with Gasteiger partial charge in [-0.15, -0.1) is 0 Å². The molecule has 25 heavy (non-hydrogen) atoms. The van der Waals surface area contributed by atoms with Crippen LogP contribution in [0.5, 0.6) is 0 Å². The monoisotopic (exact) mass is 400 g/mol. The Labute approximate surface area is 157 Å². The lowest BCUT2D eigenvalue weighted by molar-refractivity contribution is -0.119.